The summed E-state index contributed by atoms with van der Waals surface area (Å²) in [6.45, 7) is 5.38. The van der Waals surface area contributed by atoms with Crippen molar-refractivity contribution in [2.75, 3.05) is 32.9 Å². The van der Waals surface area contributed by atoms with Crippen molar-refractivity contribution in [3.8, 4) is 0 Å². The van der Waals surface area contributed by atoms with E-state index in [9.17, 15) is 4.79 Å². The van der Waals surface area contributed by atoms with Crippen LogP contribution < -0.4 is 5.32 Å². The van der Waals surface area contributed by atoms with Crippen molar-refractivity contribution in [3.63, 3.8) is 0 Å². The Hall–Kier alpha value is -1.43. The molecule has 0 saturated carbocycles. The van der Waals surface area contributed by atoms with Crippen LogP contribution in [0.25, 0.3) is 0 Å². The van der Waals surface area contributed by atoms with E-state index in [4.69, 9.17) is 9.47 Å². The van der Waals surface area contributed by atoms with Gasteiger partial charge in [-0.3, -0.25) is 4.79 Å². The Morgan fingerprint density at radius 1 is 1.32 bits per heavy atom. The number of morpholine rings is 2. The molecule has 0 bridgehead atoms. The van der Waals surface area contributed by atoms with Gasteiger partial charge < -0.3 is 19.7 Å². The van der Waals surface area contributed by atoms with Crippen LogP contribution in [0, 0.1) is 0 Å². The van der Waals surface area contributed by atoms with Crippen LogP contribution in [0.2, 0.25) is 0 Å². The number of nitrogens with one attached hydrogen (secondary N) is 1. The Morgan fingerprint density at radius 3 is 2.86 bits per heavy atom. The minimum Gasteiger partial charge on any atom is -0.378 e. The maximum Gasteiger partial charge on any atom is 0.224 e. The fourth-order valence-electron chi connectivity index (χ4n) is 3.11. The third-order valence-electron chi connectivity index (χ3n) is 4.29. The zero-order chi connectivity index (χ0) is 15.4. The molecule has 2 aliphatic rings. The number of amides is 1. The van der Waals surface area contributed by atoms with Gasteiger partial charge in [0.05, 0.1) is 32.0 Å². The molecule has 120 valence electrons. The average Bonchev–Trinajstić information content (AvgIpc) is 2.56. The zero-order valence-electron chi connectivity index (χ0n) is 13.0. The van der Waals surface area contributed by atoms with Gasteiger partial charge in [0.15, 0.2) is 0 Å². The molecule has 0 radical (unpaired) electrons. The number of carbonyl (C=O) groups excluding carboxylic acids is 1. The SMILES string of the molecule is CC1CN(C(=O)CC2COCCN2)C(c2ccccc2)CO1. The Balaban J connectivity index is 1.70. The van der Waals surface area contributed by atoms with Crippen LogP contribution in [-0.4, -0.2) is 55.9 Å². The van der Waals surface area contributed by atoms with Crippen LogP contribution in [0.1, 0.15) is 24.9 Å². The Labute approximate surface area is 131 Å². The summed E-state index contributed by atoms with van der Waals surface area (Å²) >= 11 is 0. The van der Waals surface area contributed by atoms with E-state index in [1.807, 2.05) is 30.0 Å². The molecule has 0 aromatic heterocycles. The minimum absolute atomic E-state index is 0.00871. The molecule has 5 heteroatoms. The summed E-state index contributed by atoms with van der Waals surface area (Å²) in [7, 11) is 0. The number of ether oxygens (including phenoxy) is 2. The van der Waals surface area contributed by atoms with Crippen molar-refractivity contribution in [3.05, 3.63) is 35.9 Å². The second-order valence-corrected chi connectivity index (χ2v) is 6.05. The summed E-state index contributed by atoms with van der Waals surface area (Å²) in [5.41, 5.74) is 1.13. The van der Waals surface area contributed by atoms with Gasteiger partial charge in [-0.05, 0) is 12.5 Å². The van der Waals surface area contributed by atoms with Gasteiger partial charge in [-0.1, -0.05) is 30.3 Å². The monoisotopic (exact) mass is 304 g/mol. The first kappa shape index (κ1) is 15.5. The lowest BCUT2D eigenvalue weighted by Crippen LogP contribution is -2.50. The fourth-order valence-corrected chi connectivity index (χ4v) is 3.11. The molecule has 3 rings (SSSR count). The molecular weight excluding hydrogens is 280 g/mol. The summed E-state index contributed by atoms with van der Waals surface area (Å²) in [4.78, 5) is 14.7. The van der Waals surface area contributed by atoms with Crippen LogP contribution in [0.4, 0.5) is 0 Å². The van der Waals surface area contributed by atoms with E-state index >= 15 is 0 Å². The van der Waals surface area contributed by atoms with Crippen molar-refractivity contribution in [2.24, 2.45) is 0 Å². The van der Waals surface area contributed by atoms with Gasteiger partial charge in [-0.25, -0.2) is 0 Å². The summed E-state index contributed by atoms with van der Waals surface area (Å²) in [6.07, 6.45) is 0.565. The normalized spacial score (nSPS) is 29.3. The molecule has 22 heavy (non-hydrogen) atoms. The Bertz CT molecular complexity index is 488. The van der Waals surface area contributed by atoms with Gasteiger partial charge in [0.2, 0.25) is 5.91 Å². The summed E-state index contributed by atoms with van der Waals surface area (Å²) in [5.74, 6) is 0.173. The third-order valence-corrected chi connectivity index (χ3v) is 4.29. The first-order valence-corrected chi connectivity index (χ1v) is 8.01. The highest BCUT2D eigenvalue weighted by atomic mass is 16.5. The molecule has 2 heterocycles. The molecular formula is C17H24N2O3. The second kappa shape index (κ2) is 7.22. The number of nitrogens with zero attached hydrogens (tertiary/aromatic N) is 1. The van der Waals surface area contributed by atoms with Crippen LogP contribution in [0.3, 0.4) is 0 Å². The molecule has 1 aromatic rings. The van der Waals surface area contributed by atoms with Crippen molar-refractivity contribution in [2.45, 2.75) is 31.5 Å². The molecule has 0 aliphatic carbocycles. The van der Waals surface area contributed by atoms with Crippen LogP contribution in [0.5, 0.6) is 0 Å². The van der Waals surface area contributed by atoms with Gasteiger partial charge in [-0.15, -0.1) is 0 Å². The average molecular weight is 304 g/mol. The third kappa shape index (κ3) is 3.66. The van der Waals surface area contributed by atoms with E-state index in [-0.39, 0.29) is 24.1 Å². The Kier molecular flexibility index (Phi) is 5.08. The van der Waals surface area contributed by atoms with Gasteiger partial charge >= 0.3 is 0 Å². The van der Waals surface area contributed by atoms with Crippen molar-refractivity contribution < 1.29 is 14.3 Å². The lowest BCUT2D eigenvalue weighted by molar-refractivity contribution is -0.145. The molecule has 2 saturated heterocycles. The minimum atomic E-state index is 0.00871. The molecule has 2 fully saturated rings. The molecule has 2 aliphatic heterocycles. The van der Waals surface area contributed by atoms with Crippen LogP contribution >= 0.6 is 0 Å². The molecule has 1 aromatic carbocycles. The highest BCUT2D eigenvalue weighted by Crippen LogP contribution is 2.27. The fraction of sp³-hybridized carbons (Fsp3) is 0.588. The van der Waals surface area contributed by atoms with Crippen molar-refractivity contribution in [1.82, 2.24) is 10.2 Å². The lowest BCUT2D eigenvalue weighted by atomic mass is 10.0. The van der Waals surface area contributed by atoms with Crippen molar-refractivity contribution >= 4 is 5.91 Å². The first-order chi connectivity index (χ1) is 10.7. The number of carbonyl (C=O) groups is 1. The van der Waals surface area contributed by atoms with E-state index in [0.29, 0.717) is 26.2 Å². The van der Waals surface area contributed by atoms with Crippen LogP contribution in [-0.2, 0) is 14.3 Å². The smallest absolute Gasteiger partial charge is 0.224 e. The van der Waals surface area contributed by atoms with E-state index in [1.165, 1.54) is 0 Å². The maximum absolute atomic E-state index is 12.8. The number of benzene rings is 1. The van der Waals surface area contributed by atoms with Crippen LogP contribution in [0.15, 0.2) is 30.3 Å². The largest absolute Gasteiger partial charge is 0.378 e. The first-order valence-electron chi connectivity index (χ1n) is 8.01. The Morgan fingerprint density at radius 2 is 2.14 bits per heavy atom. The van der Waals surface area contributed by atoms with Gasteiger partial charge in [-0.2, -0.15) is 0 Å². The summed E-state index contributed by atoms with van der Waals surface area (Å²) in [5, 5.41) is 3.35. The topological polar surface area (TPSA) is 50.8 Å². The molecule has 1 amide bonds. The van der Waals surface area contributed by atoms with E-state index in [1.54, 1.807) is 0 Å². The summed E-state index contributed by atoms with van der Waals surface area (Å²) in [6, 6.07) is 10.3. The van der Waals surface area contributed by atoms with E-state index in [0.717, 1.165) is 18.7 Å². The molecule has 5 nitrogen and oxygen atoms in total. The lowest BCUT2D eigenvalue weighted by Gasteiger charge is -2.40. The van der Waals surface area contributed by atoms with Crippen molar-refractivity contribution in [1.29, 1.82) is 0 Å². The highest BCUT2D eigenvalue weighted by molar-refractivity contribution is 5.77. The zero-order valence-corrected chi connectivity index (χ0v) is 13.0. The van der Waals surface area contributed by atoms with E-state index in [2.05, 4.69) is 17.4 Å². The predicted molar refractivity (Wildman–Crippen MR) is 83.5 cm³/mol. The standard InChI is InChI=1S/C17H24N2O3/c1-13-10-19(17(20)9-15-11-21-8-7-18-15)16(12-22-13)14-5-3-2-4-6-14/h2-6,13,15-16,18H,7-12H2,1H3. The molecule has 3 unspecified atom stereocenters. The second-order valence-electron chi connectivity index (χ2n) is 6.05. The maximum atomic E-state index is 12.8. The highest BCUT2D eigenvalue weighted by Gasteiger charge is 2.32. The number of hydrogen-bond acceptors (Lipinski definition) is 4. The molecule has 1 N–H and O–H groups in total. The molecule has 0 spiro atoms. The number of hydrogen-bond donors (Lipinski definition) is 1. The predicted octanol–water partition coefficient (Wildman–Crippen LogP) is 1.35. The van der Waals surface area contributed by atoms with E-state index < -0.39 is 0 Å². The van der Waals surface area contributed by atoms with Gasteiger partial charge in [0.1, 0.15) is 0 Å². The van der Waals surface area contributed by atoms with Gasteiger partial charge in [0, 0.05) is 25.6 Å². The number of rotatable bonds is 3. The quantitative estimate of drug-likeness (QED) is 0.916. The van der Waals surface area contributed by atoms with Gasteiger partial charge in [0.25, 0.3) is 0 Å². The summed E-state index contributed by atoms with van der Waals surface area (Å²) < 4.78 is 11.2. The molecule has 3 atom stereocenters.